The molecule has 2 aromatic rings. The Morgan fingerprint density at radius 3 is 2.69 bits per heavy atom. The first-order valence-corrected chi connectivity index (χ1v) is 11.0. The lowest BCUT2D eigenvalue weighted by atomic mass is 10.0. The van der Waals surface area contributed by atoms with Crippen molar-refractivity contribution in [2.24, 2.45) is 0 Å². The summed E-state index contributed by atoms with van der Waals surface area (Å²) in [6.45, 7) is 0.200. The summed E-state index contributed by atoms with van der Waals surface area (Å²) in [6, 6.07) is 7.18. The average Bonchev–Trinajstić information content (AvgIpc) is 2.88. The van der Waals surface area contributed by atoms with E-state index in [1.54, 1.807) is 30.5 Å². The van der Waals surface area contributed by atoms with Crippen LogP contribution in [0.3, 0.4) is 0 Å². The lowest BCUT2D eigenvalue weighted by Crippen LogP contribution is -2.24. The van der Waals surface area contributed by atoms with Crippen LogP contribution < -0.4 is 0 Å². The first-order valence-electron chi connectivity index (χ1n) is 7.95. The Labute approximate surface area is 155 Å². The second-order valence-electron chi connectivity index (χ2n) is 6.31. The zero-order chi connectivity index (χ0) is 19.1. The predicted octanol–water partition coefficient (Wildman–Crippen LogP) is 3.29. The Hall–Kier alpha value is -1.58. The average molecular weight is 399 g/mol. The van der Waals surface area contributed by atoms with Crippen LogP contribution in [-0.2, 0) is 28.9 Å². The molecule has 0 unspecified atom stereocenters. The molecule has 0 N–H and O–H groups in total. The number of fused-ring (bicyclic) bond motifs is 1. The monoisotopic (exact) mass is 399 g/mol. The first-order chi connectivity index (χ1) is 12.1. The number of rotatable bonds is 5. The minimum absolute atomic E-state index is 0.189. The van der Waals surface area contributed by atoms with Crippen LogP contribution in [0, 0.1) is 0 Å². The fourth-order valence-electron chi connectivity index (χ4n) is 2.92. The molecular formula is C17H19F2N3O2S2. The van der Waals surface area contributed by atoms with Crippen molar-refractivity contribution in [2.75, 3.05) is 19.6 Å². The topological polar surface area (TPSA) is 63.2 Å². The molecule has 1 aromatic carbocycles. The number of aromatic nitrogens is 2. The van der Waals surface area contributed by atoms with Crippen molar-refractivity contribution in [2.45, 2.75) is 30.5 Å². The van der Waals surface area contributed by atoms with Gasteiger partial charge in [0.05, 0.1) is 11.9 Å². The molecule has 26 heavy (non-hydrogen) atoms. The summed E-state index contributed by atoms with van der Waals surface area (Å²) in [5.74, 6) is -2.94. The fourth-order valence-corrected chi connectivity index (χ4v) is 3.67. The molecular weight excluding hydrogens is 380 g/mol. The van der Waals surface area contributed by atoms with Crippen molar-refractivity contribution in [3.63, 3.8) is 0 Å². The van der Waals surface area contributed by atoms with Crippen LogP contribution in [0.1, 0.15) is 23.2 Å². The first kappa shape index (κ1) is 19.2. The predicted molar refractivity (Wildman–Crippen MR) is 97.8 cm³/mol. The summed E-state index contributed by atoms with van der Waals surface area (Å²) in [5.41, 5.74) is 2.24. The van der Waals surface area contributed by atoms with E-state index in [1.165, 1.54) is 23.1 Å². The Kier molecular flexibility index (Phi) is 5.06. The van der Waals surface area contributed by atoms with Crippen LogP contribution in [0.4, 0.5) is 8.78 Å². The van der Waals surface area contributed by atoms with Crippen molar-refractivity contribution >= 4 is 21.8 Å². The second-order valence-corrected chi connectivity index (χ2v) is 9.17. The molecule has 0 fully saturated rings. The molecule has 1 aliphatic rings. The lowest BCUT2D eigenvalue weighted by molar-refractivity contribution is -0.00650. The van der Waals surface area contributed by atoms with Gasteiger partial charge in [-0.25, -0.2) is 22.7 Å². The van der Waals surface area contributed by atoms with Crippen LogP contribution >= 0.6 is 11.8 Å². The highest BCUT2D eigenvalue weighted by atomic mass is 32.2. The van der Waals surface area contributed by atoms with E-state index in [1.807, 2.05) is 0 Å². The van der Waals surface area contributed by atoms with Gasteiger partial charge in [-0.2, -0.15) is 8.78 Å². The Balaban J connectivity index is 2.05. The molecule has 1 aromatic heterocycles. The highest BCUT2D eigenvalue weighted by Gasteiger charge is 2.43. The molecule has 0 amide bonds. The van der Waals surface area contributed by atoms with E-state index in [0.717, 1.165) is 11.8 Å². The number of hydrogen-bond acceptors (Lipinski definition) is 5. The molecule has 0 spiro atoms. The van der Waals surface area contributed by atoms with Crippen LogP contribution in [0.5, 0.6) is 0 Å². The van der Waals surface area contributed by atoms with Gasteiger partial charge in [0.1, 0.15) is 5.69 Å². The minimum atomic E-state index is -3.31. The fraction of sp³-hybridized carbons (Fsp3) is 0.412. The number of hydrogen-bond donors (Lipinski definition) is 0. The normalized spacial score (nSPS) is 16.1. The van der Waals surface area contributed by atoms with Crippen LogP contribution in [-0.4, -0.2) is 42.3 Å². The molecule has 9 heteroatoms. The highest BCUT2D eigenvalue weighted by Crippen LogP contribution is 2.44. The Morgan fingerprint density at radius 1 is 1.31 bits per heavy atom. The van der Waals surface area contributed by atoms with Gasteiger partial charge in [0, 0.05) is 31.1 Å². The number of alkyl halides is 2. The molecule has 0 bridgehead atoms. The zero-order valence-electron chi connectivity index (χ0n) is 14.7. The van der Waals surface area contributed by atoms with Gasteiger partial charge in [0.25, 0.3) is 5.92 Å². The quantitative estimate of drug-likeness (QED) is 0.570. The Morgan fingerprint density at radius 2 is 2.04 bits per heavy atom. The smallest absolute Gasteiger partial charge is 0.222 e. The second kappa shape index (κ2) is 6.86. The Bertz CT molecular complexity index is 949. The van der Waals surface area contributed by atoms with Crippen molar-refractivity contribution in [3.05, 3.63) is 41.1 Å². The number of thioether (sulfide) groups is 1. The van der Waals surface area contributed by atoms with E-state index < -0.39 is 15.9 Å². The summed E-state index contributed by atoms with van der Waals surface area (Å²) in [4.78, 5) is 8.48. The van der Waals surface area contributed by atoms with Gasteiger partial charge in [0.15, 0.2) is 5.16 Å². The number of nitrogens with zero attached hydrogens (tertiary/aromatic N) is 3. The SMILES string of the molecule is CSc1nc(-c2cccc(CN(C)S(C)(=O)=O)c2)c2c(n1)C(F)(F)CC2. The van der Waals surface area contributed by atoms with E-state index in [4.69, 9.17) is 0 Å². The third-order valence-corrected chi connectivity index (χ3v) is 6.19. The maximum atomic E-state index is 14.2. The summed E-state index contributed by atoms with van der Waals surface area (Å²) < 4.78 is 52.8. The highest BCUT2D eigenvalue weighted by molar-refractivity contribution is 7.98. The molecule has 0 atom stereocenters. The molecule has 140 valence electrons. The van der Waals surface area contributed by atoms with Gasteiger partial charge in [-0.15, -0.1) is 0 Å². The number of sulfonamides is 1. The molecule has 0 saturated heterocycles. The van der Waals surface area contributed by atoms with Gasteiger partial charge >= 0.3 is 0 Å². The largest absolute Gasteiger partial charge is 0.290 e. The molecule has 0 aliphatic heterocycles. The van der Waals surface area contributed by atoms with E-state index in [-0.39, 0.29) is 25.1 Å². The summed E-state index contributed by atoms with van der Waals surface area (Å²) >= 11 is 1.22. The van der Waals surface area contributed by atoms with E-state index in [0.29, 0.717) is 22.0 Å². The van der Waals surface area contributed by atoms with Gasteiger partial charge < -0.3 is 0 Å². The van der Waals surface area contributed by atoms with Crippen LogP contribution in [0.15, 0.2) is 29.4 Å². The van der Waals surface area contributed by atoms with Crippen LogP contribution in [0.25, 0.3) is 11.3 Å². The maximum Gasteiger partial charge on any atom is 0.290 e. The summed E-state index contributed by atoms with van der Waals surface area (Å²) in [6.07, 6.45) is 2.84. The third kappa shape index (κ3) is 3.74. The maximum absolute atomic E-state index is 14.2. The molecule has 3 rings (SSSR count). The van der Waals surface area contributed by atoms with Gasteiger partial charge in [-0.1, -0.05) is 30.0 Å². The minimum Gasteiger partial charge on any atom is -0.222 e. The number of halogens is 2. The van der Waals surface area contributed by atoms with Gasteiger partial charge in [0.2, 0.25) is 10.0 Å². The standard InChI is InChI=1S/C17H19F2N3O2S2/c1-22(26(3,23)24)10-11-5-4-6-12(9-11)14-13-7-8-17(18,19)15(13)21-16(20-14)25-2/h4-6,9H,7-8,10H2,1-3H3. The van der Waals surface area contributed by atoms with Crippen molar-refractivity contribution in [1.82, 2.24) is 14.3 Å². The zero-order valence-corrected chi connectivity index (χ0v) is 16.3. The van der Waals surface area contributed by atoms with Crippen molar-refractivity contribution in [1.29, 1.82) is 0 Å². The van der Waals surface area contributed by atoms with Gasteiger partial charge in [-0.05, 0) is 24.3 Å². The summed E-state index contributed by atoms with van der Waals surface area (Å²) in [7, 11) is -1.81. The summed E-state index contributed by atoms with van der Waals surface area (Å²) in [5, 5.41) is 0.305. The van der Waals surface area contributed by atoms with Gasteiger partial charge in [-0.3, -0.25) is 0 Å². The van der Waals surface area contributed by atoms with Crippen molar-refractivity contribution < 1.29 is 17.2 Å². The molecule has 0 radical (unpaired) electrons. The van der Waals surface area contributed by atoms with Crippen molar-refractivity contribution in [3.8, 4) is 11.3 Å². The lowest BCUT2D eigenvalue weighted by Gasteiger charge is -2.16. The van der Waals surface area contributed by atoms with E-state index in [2.05, 4.69) is 9.97 Å². The van der Waals surface area contributed by atoms with E-state index in [9.17, 15) is 17.2 Å². The molecule has 1 heterocycles. The third-order valence-electron chi connectivity index (χ3n) is 4.38. The van der Waals surface area contributed by atoms with E-state index >= 15 is 0 Å². The van der Waals surface area contributed by atoms with Crippen LogP contribution in [0.2, 0.25) is 0 Å². The molecule has 5 nitrogen and oxygen atoms in total. The molecule has 0 saturated carbocycles. The molecule has 1 aliphatic carbocycles. The number of benzene rings is 1.